The van der Waals surface area contributed by atoms with Gasteiger partial charge in [0.15, 0.2) is 0 Å². The average Bonchev–Trinajstić information content (AvgIpc) is 3.33. The van der Waals surface area contributed by atoms with Gasteiger partial charge in [-0.3, -0.25) is 14.6 Å². The summed E-state index contributed by atoms with van der Waals surface area (Å²) in [6.45, 7) is 6.07. The number of anilines is 1. The average molecular weight is 544 g/mol. The predicted octanol–water partition coefficient (Wildman–Crippen LogP) is 4.86. The number of alkyl carbamates (subject to hydrolysis) is 1. The lowest BCUT2D eigenvalue weighted by molar-refractivity contribution is 0.0452. The van der Waals surface area contributed by atoms with Crippen LogP contribution in [0.25, 0.3) is 10.6 Å². The number of hydrogen-bond acceptors (Lipinski definition) is 7. The van der Waals surface area contributed by atoms with Crippen molar-refractivity contribution in [2.75, 3.05) is 18.4 Å². The van der Waals surface area contributed by atoms with Gasteiger partial charge in [-0.15, -0.1) is 11.3 Å². The number of pyridine rings is 1. The van der Waals surface area contributed by atoms with Gasteiger partial charge in [-0.05, 0) is 51.8 Å². The van der Waals surface area contributed by atoms with Gasteiger partial charge in [-0.25, -0.2) is 18.6 Å². The van der Waals surface area contributed by atoms with Crippen molar-refractivity contribution in [3.05, 3.63) is 64.9 Å². The Morgan fingerprint density at radius 3 is 2.61 bits per heavy atom. The number of nitrogens with zero attached hydrogens (tertiary/aromatic N) is 3. The highest BCUT2D eigenvalue weighted by Crippen LogP contribution is 2.29. The van der Waals surface area contributed by atoms with Gasteiger partial charge < -0.3 is 20.3 Å². The summed E-state index contributed by atoms with van der Waals surface area (Å²) < 4.78 is 33.6. The number of amides is 3. The minimum absolute atomic E-state index is 0.0186. The highest BCUT2D eigenvalue weighted by Gasteiger charge is 2.29. The van der Waals surface area contributed by atoms with E-state index in [0.717, 1.165) is 23.5 Å². The van der Waals surface area contributed by atoms with Gasteiger partial charge in [0.2, 0.25) is 0 Å². The molecular weight excluding hydrogens is 516 g/mol. The second-order valence-electron chi connectivity index (χ2n) is 9.75. The molecule has 9 nitrogen and oxygen atoms in total. The first kappa shape index (κ1) is 27.1. The molecular formula is C26H27F2N5O4S. The normalized spacial score (nSPS) is 15.6. The number of carbonyl (C=O) groups excluding carboxylic acids is 3. The molecule has 1 aromatic carbocycles. The van der Waals surface area contributed by atoms with Gasteiger partial charge in [-0.1, -0.05) is 6.07 Å². The van der Waals surface area contributed by atoms with Crippen LogP contribution in [0.3, 0.4) is 0 Å². The zero-order valence-corrected chi connectivity index (χ0v) is 21.9. The Kier molecular flexibility index (Phi) is 8.00. The fraction of sp³-hybridized carbons (Fsp3) is 0.346. The van der Waals surface area contributed by atoms with Crippen LogP contribution in [0.5, 0.6) is 0 Å². The zero-order chi connectivity index (χ0) is 27.4. The van der Waals surface area contributed by atoms with Gasteiger partial charge in [0, 0.05) is 30.7 Å². The maximum Gasteiger partial charge on any atom is 0.407 e. The molecule has 38 heavy (non-hydrogen) atoms. The van der Waals surface area contributed by atoms with Crippen LogP contribution in [-0.4, -0.2) is 57.5 Å². The van der Waals surface area contributed by atoms with Crippen LogP contribution in [0.4, 0.5) is 19.3 Å². The molecule has 0 aliphatic carbocycles. The van der Waals surface area contributed by atoms with Crippen molar-refractivity contribution in [2.45, 2.75) is 45.3 Å². The number of rotatable bonds is 5. The van der Waals surface area contributed by atoms with E-state index in [9.17, 15) is 23.2 Å². The van der Waals surface area contributed by atoms with Crippen molar-refractivity contribution in [1.29, 1.82) is 0 Å². The third kappa shape index (κ3) is 6.49. The van der Waals surface area contributed by atoms with Crippen molar-refractivity contribution in [1.82, 2.24) is 20.2 Å². The summed E-state index contributed by atoms with van der Waals surface area (Å²) in [5.74, 6) is -2.57. The summed E-state index contributed by atoms with van der Waals surface area (Å²) in [5, 5.41) is 6.83. The third-order valence-corrected chi connectivity index (χ3v) is 6.50. The van der Waals surface area contributed by atoms with E-state index in [-0.39, 0.29) is 46.0 Å². The van der Waals surface area contributed by atoms with Crippen molar-refractivity contribution < 1.29 is 27.9 Å². The van der Waals surface area contributed by atoms with E-state index in [0.29, 0.717) is 19.4 Å². The van der Waals surface area contributed by atoms with Crippen molar-refractivity contribution in [2.24, 2.45) is 0 Å². The molecule has 1 atom stereocenters. The molecule has 0 bridgehead atoms. The molecule has 12 heteroatoms. The van der Waals surface area contributed by atoms with E-state index >= 15 is 0 Å². The van der Waals surface area contributed by atoms with E-state index in [1.807, 2.05) is 0 Å². The Morgan fingerprint density at radius 1 is 1.16 bits per heavy atom. The molecule has 3 aromatic rings. The molecule has 0 radical (unpaired) electrons. The summed E-state index contributed by atoms with van der Waals surface area (Å²) in [4.78, 5) is 48.1. The Balaban J connectivity index is 1.46. The summed E-state index contributed by atoms with van der Waals surface area (Å²) in [6.07, 6.45) is 3.59. The number of benzene rings is 1. The molecule has 2 N–H and O–H groups in total. The Labute approximate surface area is 222 Å². The van der Waals surface area contributed by atoms with Crippen molar-refractivity contribution >= 4 is 34.9 Å². The Hall–Kier alpha value is -3.93. The number of carbonyl (C=O) groups is 3. The first-order valence-electron chi connectivity index (χ1n) is 12.0. The van der Waals surface area contributed by atoms with Gasteiger partial charge in [0.05, 0.1) is 23.0 Å². The largest absolute Gasteiger partial charge is 0.444 e. The first-order chi connectivity index (χ1) is 18.0. The lowest BCUT2D eigenvalue weighted by Crippen LogP contribution is -2.50. The van der Waals surface area contributed by atoms with E-state index < -0.39 is 29.2 Å². The summed E-state index contributed by atoms with van der Waals surface area (Å²) in [6, 6.07) is 4.68. The number of ether oxygens (including phenoxy) is 1. The van der Waals surface area contributed by atoms with Crippen molar-refractivity contribution in [3.63, 3.8) is 0 Å². The van der Waals surface area contributed by atoms with Gasteiger partial charge in [0.25, 0.3) is 11.8 Å². The van der Waals surface area contributed by atoms with Gasteiger partial charge in [-0.2, -0.15) is 0 Å². The lowest BCUT2D eigenvalue weighted by Gasteiger charge is -2.34. The molecule has 0 spiro atoms. The molecule has 200 valence electrons. The quantitative estimate of drug-likeness (QED) is 0.475. The van der Waals surface area contributed by atoms with Crippen LogP contribution >= 0.6 is 11.3 Å². The van der Waals surface area contributed by atoms with Crippen LogP contribution in [0.15, 0.2) is 42.0 Å². The van der Waals surface area contributed by atoms with E-state index in [2.05, 4.69) is 20.6 Å². The smallest absolute Gasteiger partial charge is 0.407 e. The molecule has 4 rings (SSSR count). The molecule has 1 aliphatic rings. The molecule has 3 amide bonds. The highest BCUT2D eigenvalue weighted by atomic mass is 32.1. The lowest BCUT2D eigenvalue weighted by atomic mass is 10.0. The summed E-state index contributed by atoms with van der Waals surface area (Å²) in [7, 11) is 0. The third-order valence-electron chi connectivity index (χ3n) is 5.64. The van der Waals surface area contributed by atoms with E-state index in [1.54, 1.807) is 25.7 Å². The number of piperidine rings is 1. The Morgan fingerprint density at radius 2 is 1.89 bits per heavy atom. The minimum atomic E-state index is -0.785. The standard InChI is InChI=1S/C26H27F2N5O4S/c1-26(2,3)37-25(36)30-15-6-5-11-33(13-15)24(35)16-9-10-29-12-19(16)31-22(34)20-14-38-23(32-20)21-17(27)7-4-8-18(21)28/h4,7-10,12,14-15H,5-6,11,13H2,1-3H3,(H,30,36)(H,31,34). The summed E-state index contributed by atoms with van der Waals surface area (Å²) >= 11 is 0.924. The second-order valence-corrected chi connectivity index (χ2v) is 10.6. The van der Waals surface area contributed by atoms with Crippen LogP contribution in [0, 0.1) is 11.6 Å². The number of aromatic nitrogens is 2. The second kappa shape index (κ2) is 11.2. The molecule has 1 fully saturated rings. The molecule has 2 aromatic heterocycles. The van der Waals surface area contributed by atoms with Crippen LogP contribution in [0.2, 0.25) is 0 Å². The number of thiazole rings is 1. The number of nitrogens with one attached hydrogen (secondary N) is 2. The predicted molar refractivity (Wildman–Crippen MR) is 138 cm³/mol. The number of hydrogen-bond donors (Lipinski definition) is 2. The van der Waals surface area contributed by atoms with E-state index in [1.165, 1.54) is 29.9 Å². The van der Waals surface area contributed by atoms with Crippen molar-refractivity contribution in [3.8, 4) is 10.6 Å². The SMILES string of the molecule is CC(C)(C)OC(=O)NC1CCCN(C(=O)c2ccncc2NC(=O)c2csc(-c3c(F)cccc3F)n2)C1. The van der Waals surface area contributed by atoms with E-state index in [4.69, 9.17) is 4.74 Å². The highest BCUT2D eigenvalue weighted by molar-refractivity contribution is 7.13. The molecule has 3 heterocycles. The molecule has 1 unspecified atom stereocenters. The molecule has 1 saturated heterocycles. The fourth-order valence-corrected chi connectivity index (χ4v) is 4.83. The van der Waals surface area contributed by atoms with Gasteiger partial charge >= 0.3 is 6.09 Å². The molecule has 1 aliphatic heterocycles. The summed E-state index contributed by atoms with van der Waals surface area (Å²) in [5.41, 5.74) is -0.638. The number of halogens is 2. The Bertz CT molecular complexity index is 1340. The van der Waals surface area contributed by atoms with Gasteiger partial charge in [0.1, 0.15) is 27.9 Å². The van der Waals surface area contributed by atoms with Crippen LogP contribution < -0.4 is 10.6 Å². The zero-order valence-electron chi connectivity index (χ0n) is 21.1. The maximum absolute atomic E-state index is 14.1. The topological polar surface area (TPSA) is 114 Å². The van der Waals surface area contributed by atoms with Crippen LogP contribution in [-0.2, 0) is 4.74 Å². The minimum Gasteiger partial charge on any atom is -0.444 e. The maximum atomic E-state index is 14.1. The van der Waals surface area contributed by atoms with Crippen LogP contribution in [0.1, 0.15) is 54.5 Å². The molecule has 0 saturated carbocycles. The number of likely N-dealkylation sites (tertiary alicyclic amines) is 1. The monoisotopic (exact) mass is 543 g/mol. The first-order valence-corrected chi connectivity index (χ1v) is 12.8. The fourth-order valence-electron chi connectivity index (χ4n) is 3.99.